The molecule has 0 aliphatic heterocycles. The van der Waals surface area contributed by atoms with Gasteiger partial charge in [-0.25, -0.2) is 0 Å². The second kappa shape index (κ2) is 5.80. The normalized spacial score (nSPS) is 10.8. The molecule has 3 heteroatoms. The summed E-state index contributed by atoms with van der Waals surface area (Å²) >= 11 is 0. The van der Waals surface area contributed by atoms with Crippen molar-refractivity contribution in [1.82, 2.24) is 0 Å². The molecule has 3 aromatic rings. The van der Waals surface area contributed by atoms with Gasteiger partial charge in [-0.3, -0.25) is 0 Å². The summed E-state index contributed by atoms with van der Waals surface area (Å²) in [5, 5.41) is 4.58. The Hall–Kier alpha value is -2.26. The van der Waals surface area contributed by atoms with Gasteiger partial charge in [-0.1, -0.05) is 30.3 Å². The van der Waals surface area contributed by atoms with E-state index in [1.165, 1.54) is 0 Å². The summed E-state index contributed by atoms with van der Waals surface area (Å²) in [7, 11) is 1.71. The van der Waals surface area contributed by atoms with Crippen LogP contribution in [0.2, 0.25) is 0 Å². The molecule has 20 heavy (non-hydrogen) atoms. The molecule has 1 aromatic heterocycles. The average Bonchev–Trinajstić information content (AvgIpc) is 2.89. The third kappa shape index (κ3) is 2.68. The standard InChI is InChI=1S/C17H17NO2/c1-19-11-13-5-4-6-15(9-13)18-10-14-12-20-17-8-3-2-7-16(14)17/h2-9,12,18H,10-11H2,1H3. The fourth-order valence-electron chi connectivity index (χ4n) is 2.30. The van der Waals surface area contributed by atoms with Crippen molar-refractivity contribution in [2.75, 3.05) is 12.4 Å². The summed E-state index contributed by atoms with van der Waals surface area (Å²) in [4.78, 5) is 0. The molecule has 0 radical (unpaired) electrons. The highest BCUT2D eigenvalue weighted by atomic mass is 16.5. The van der Waals surface area contributed by atoms with Crippen LogP contribution >= 0.6 is 0 Å². The highest BCUT2D eigenvalue weighted by Gasteiger charge is 2.04. The minimum absolute atomic E-state index is 0.629. The lowest BCUT2D eigenvalue weighted by molar-refractivity contribution is 0.185. The van der Waals surface area contributed by atoms with Gasteiger partial charge in [-0.2, -0.15) is 0 Å². The van der Waals surface area contributed by atoms with Gasteiger partial charge in [0.25, 0.3) is 0 Å². The number of methoxy groups -OCH3 is 1. The van der Waals surface area contributed by atoms with Crippen molar-refractivity contribution in [2.45, 2.75) is 13.2 Å². The minimum atomic E-state index is 0.629. The molecule has 0 aliphatic rings. The number of hydrogen-bond donors (Lipinski definition) is 1. The summed E-state index contributed by atoms with van der Waals surface area (Å²) in [6.07, 6.45) is 1.82. The van der Waals surface area contributed by atoms with Crippen LogP contribution in [-0.2, 0) is 17.9 Å². The van der Waals surface area contributed by atoms with Gasteiger partial charge in [-0.15, -0.1) is 0 Å². The highest BCUT2D eigenvalue weighted by Crippen LogP contribution is 2.22. The summed E-state index contributed by atoms with van der Waals surface area (Å²) in [6.45, 7) is 1.37. The number of anilines is 1. The number of para-hydroxylation sites is 1. The van der Waals surface area contributed by atoms with Crippen molar-refractivity contribution in [1.29, 1.82) is 0 Å². The zero-order chi connectivity index (χ0) is 13.8. The number of hydrogen-bond acceptors (Lipinski definition) is 3. The Morgan fingerprint density at radius 1 is 1.10 bits per heavy atom. The van der Waals surface area contributed by atoms with Gasteiger partial charge in [0.15, 0.2) is 0 Å². The number of benzene rings is 2. The maximum Gasteiger partial charge on any atom is 0.134 e. The van der Waals surface area contributed by atoms with E-state index in [1.54, 1.807) is 7.11 Å². The Morgan fingerprint density at radius 3 is 2.90 bits per heavy atom. The lowest BCUT2D eigenvalue weighted by Crippen LogP contribution is -1.99. The molecule has 0 atom stereocenters. The fourth-order valence-corrected chi connectivity index (χ4v) is 2.30. The Morgan fingerprint density at radius 2 is 2.00 bits per heavy atom. The Balaban J connectivity index is 1.74. The summed E-state index contributed by atoms with van der Waals surface area (Å²) in [6, 6.07) is 16.3. The SMILES string of the molecule is COCc1cccc(NCc2coc3ccccc23)c1. The van der Waals surface area contributed by atoms with E-state index in [2.05, 4.69) is 29.6 Å². The van der Waals surface area contributed by atoms with E-state index in [-0.39, 0.29) is 0 Å². The number of nitrogens with one attached hydrogen (secondary N) is 1. The van der Waals surface area contributed by atoms with Crippen LogP contribution < -0.4 is 5.32 Å². The van der Waals surface area contributed by atoms with E-state index < -0.39 is 0 Å². The summed E-state index contributed by atoms with van der Waals surface area (Å²) in [5.41, 5.74) is 4.34. The number of rotatable bonds is 5. The maximum absolute atomic E-state index is 5.54. The predicted molar refractivity (Wildman–Crippen MR) is 80.7 cm³/mol. The van der Waals surface area contributed by atoms with Crippen LogP contribution in [0, 0.1) is 0 Å². The smallest absolute Gasteiger partial charge is 0.134 e. The molecule has 102 valence electrons. The van der Waals surface area contributed by atoms with Gasteiger partial charge < -0.3 is 14.5 Å². The minimum Gasteiger partial charge on any atom is -0.464 e. The molecule has 3 rings (SSSR count). The van der Waals surface area contributed by atoms with Crippen molar-refractivity contribution in [3.05, 3.63) is 65.9 Å². The van der Waals surface area contributed by atoms with Crippen LogP contribution in [0.4, 0.5) is 5.69 Å². The zero-order valence-electron chi connectivity index (χ0n) is 11.4. The molecule has 0 fully saturated rings. The van der Waals surface area contributed by atoms with Crippen LogP contribution in [0.5, 0.6) is 0 Å². The first kappa shape index (κ1) is 12.8. The largest absolute Gasteiger partial charge is 0.464 e. The van der Waals surface area contributed by atoms with Crippen LogP contribution in [0.3, 0.4) is 0 Å². The first-order chi connectivity index (χ1) is 9.86. The van der Waals surface area contributed by atoms with Crippen LogP contribution in [0.15, 0.2) is 59.2 Å². The van der Waals surface area contributed by atoms with Gasteiger partial charge >= 0.3 is 0 Å². The number of furan rings is 1. The second-order valence-electron chi connectivity index (χ2n) is 4.74. The topological polar surface area (TPSA) is 34.4 Å². The van der Waals surface area contributed by atoms with Crippen LogP contribution in [-0.4, -0.2) is 7.11 Å². The van der Waals surface area contributed by atoms with Crippen molar-refractivity contribution in [3.8, 4) is 0 Å². The summed E-state index contributed by atoms with van der Waals surface area (Å²) < 4.78 is 10.7. The molecule has 0 bridgehead atoms. The van der Waals surface area contributed by atoms with Crippen LogP contribution in [0.1, 0.15) is 11.1 Å². The van der Waals surface area contributed by atoms with Crippen molar-refractivity contribution >= 4 is 16.7 Å². The van der Waals surface area contributed by atoms with Crippen molar-refractivity contribution < 1.29 is 9.15 Å². The third-order valence-electron chi connectivity index (χ3n) is 3.28. The predicted octanol–water partition coefficient (Wildman–Crippen LogP) is 4.19. The molecular weight excluding hydrogens is 250 g/mol. The van der Waals surface area contributed by atoms with Gasteiger partial charge in [0, 0.05) is 30.3 Å². The number of fused-ring (bicyclic) bond motifs is 1. The third-order valence-corrected chi connectivity index (χ3v) is 3.28. The van der Waals surface area contributed by atoms with Gasteiger partial charge in [0.2, 0.25) is 0 Å². The Kier molecular flexibility index (Phi) is 3.70. The number of ether oxygens (including phenoxy) is 1. The van der Waals surface area contributed by atoms with Gasteiger partial charge in [-0.05, 0) is 23.8 Å². The molecule has 0 saturated carbocycles. The average molecular weight is 267 g/mol. The van der Waals surface area contributed by atoms with E-state index in [1.807, 2.05) is 30.5 Å². The van der Waals surface area contributed by atoms with Crippen molar-refractivity contribution in [3.63, 3.8) is 0 Å². The monoisotopic (exact) mass is 267 g/mol. The van der Waals surface area contributed by atoms with E-state index in [0.29, 0.717) is 6.61 Å². The molecule has 1 N–H and O–H groups in total. The molecular formula is C17H17NO2. The molecule has 0 amide bonds. The summed E-state index contributed by atoms with van der Waals surface area (Å²) in [5.74, 6) is 0. The first-order valence-corrected chi connectivity index (χ1v) is 6.63. The molecule has 0 unspecified atom stereocenters. The molecule has 0 spiro atoms. The molecule has 1 heterocycles. The Bertz CT molecular complexity index is 703. The first-order valence-electron chi connectivity index (χ1n) is 6.63. The zero-order valence-corrected chi connectivity index (χ0v) is 11.4. The molecule has 0 aliphatic carbocycles. The molecule has 0 saturated heterocycles. The highest BCUT2D eigenvalue weighted by molar-refractivity contribution is 5.81. The Labute approximate surface area is 118 Å². The van der Waals surface area contributed by atoms with E-state index in [9.17, 15) is 0 Å². The van der Waals surface area contributed by atoms with E-state index in [0.717, 1.165) is 34.3 Å². The second-order valence-corrected chi connectivity index (χ2v) is 4.74. The van der Waals surface area contributed by atoms with E-state index in [4.69, 9.17) is 9.15 Å². The maximum atomic E-state index is 5.54. The molecule has 2 aromatic carbocycles. The van der Waals surface area contributed by atoms with Gasteiger partial charge in [0.05, 0.1) is 12.9 Å². The molecule has 3 nitrogen and oxygen atoms in total. The van der Waals surface area contributed by atoms with Crippen molar-refractivity contribution in [2.24, 2.45) is 0 Å². The van der Waals surface area contributed by atoms with Gasteiger partial charge in [0.1, 0.15) is 5.58 Å². The fraction of sp³-hybridized carbons (Fsp3) is 0.176. The lowest BCUT2D eigenvalue weighted by Gasteiger charge is -2.07. The lowest BCUT2D eigenvalue weighted by atomic mass is 10.1. The van der Waals surface area contributed by atoms with E-state index >= 15 is 0 Å². The quantitative estimate of drug-likeness (QED) is 0.752. The van der Waals surface area contributed by atoms with Crippen LogP contribution in [0.25, 0.3) is 11.0 Å².